The predicted molar refractivity (Wildman–Crippen MR) is 89.6 cm³/mol. The summed E-state index contributed by atoms with van der Waals surface area (Å²) < 4.78 is 1.15. The molecule has 1 atom stereocenters. The summed E-state index contributed by atoms with van der Waals surface area (Å²) in [4.78, 5) is 12.0. The maximum Gasteiger partial charge on any atom is 0.238 e. The van der Waals surface area contributed by atoms with Gasteiger partial charge in [-0.3, -0.25) is 10.1 Å². The monoisotopic (exact) mass is 376 g/mol. The molecule has 1 heterocycles. The van der Waals surface area contributed by atoms with Crippen molar-refractivity contribution >= 4 is 46.0 Å². The summed E-state index contributed by atoms with van der Waals surface area (Å²) in [6.07, 6.45) is 2.31. The van der Waals surface area contributed by atoms with Crippen LogP contribution in [0, 0.1) is 0 Å². The standard InChI is InChI=1S/C14H17BrN2OS.ClH/c15-11-4-2-1-3-10(11)14(5-6-14)8-16-13(18)12-7-19-9-17-12;/h1-4,12,17H,5-9H2,(H,16,18);1H. The predicted octanol–water partition coefficient (Wildman–Crippen LogP) is 2.68. The van der Waals surface area contributed by atoms with Gasteiger partial charge in [0.1, 0.15) is 0 Å². The minimum atomic E-state index is -0.0139. The van der Waals surface area contributed by atoms with E-state index in [1.54, 1.807) is 11.8 Å². The van der Waals surface area contributed by atoms with E-state index in [1.807, 2.05) is 6.07 Å². The van der Waals surface area contributed by atoms with Crippen LogP contribution in [0.3, 0.4) is 0 Å². The quantitative estimate of drug-likeness (QED) is 0.847. The van der Waals surface area contributed by atoms with Gasteiger partial charge in [0, 0.05) is 28.1 Å². The summed E-state index contributed by atoms with van der Waals surface area (Å²) in [7, 11) is 0. The highest BCUT2D eigenvalue weighted by Crippen LogP contribution is 2.49. The van der Waals surface area contributed by atoms with Gasteiger partial charge in [0.25, 0.3) is 0 Å². The van der Waals surface area contributed by atoms with Gasteiger partial charge in [-0.25, -0.2) is 0 Å². The maximum absolute atomic E-state index is 12.0. The second kappa shape index (κ2) is 6.69. The van der Waals surface area contributed by atoms with Crippen molar-refractivity contribution in [1.82, 2.24) is 10.6 Å². The Morgan fingerprint density at radius 1 is 1.45 bits per heavy atom. The van der Waals surface area contributed by atoms with Crippen LogP contribution in [0.5, 0.6) is 0 Å². The number of halogens is 2. The fourth-order valence-electron chi connectivity index (χ4n) is 2.53. The summed E-state index contributed by atoms with van der Waals surface area (Å²) in [5, 5.41) is 6.32. The van der Waals surface area contributed by atoms with Crippen molar-refractivity contribution in [3.8, 4) is 0 Å². The highest BCUT2D eigenvalue weighted by atomic mass is 79.9. The van der Waals surface area contributed by atoms with Crippen molar-refractivity contribution in [1.29, 1.82) is 0 Å². The molecule has 1 saturated carbocycles. The van der Waals surface area contributed by atoms with E-state index in [9.17, 15) is 4.79 Å². The van der Waals surface area contributed by atoms with Gasteiger partial charge in [-0.05, 0) is 24.5 Å². The Hall–Kier alpha value is -0.230. The van der Waals surface area contributed by atoms with Crippen LogP contribution in [0.4, 0.5) is 0 Å². The summed E-state index contributed by atoms with van der Waals surface area (Å²) >= 11 is 5.40. The molecule has 1 aromatic carbocycles. The highest BCUT2D eigenvalue weighted by Gasteiger charge is 2.45. The first-order valence-corrected chi connectivity index (χ1v) is 8.50. The minimum absolute atomic E-state index is 0. The van der Waals surface area contributed by atoms with Crippen molar-refractivity contribution in [2.45, 2.75) is 24.3 Å². The topological polar surface area (TPSA) is 41.1 Å². The van der Waals surface area contributed by atoms with Crippen LogP contribution in [-0.4, -0.2) is 30.1 Å². The maximum atomic E-state index is 12.0. The van der Waals surface area contributed by atoms with Crippen LogP contribution in [-0.2, 0) is 10.2 Å². The Balaban J connectivity index is 0.00000147. The Morgan fingerprint density at radius 2 is 2.20 bits per heavy atom. The molecule has 1 aromatic rings. The fraction of sp³-hybridized carbons (Fsp3) is 0.500. The second-order valence-electron chi connectivity index (χ2n) is 5.25. The van der Waals surface area contributed by atoms with E-state index in [0.29, 0.717) is 0 Å². The molecule has 2 aliphatic rings. The summed E-state index contributed by atoms with van der Waals surface area (Å²) in [5.41, 5.74) is 1.48. The molecule has 3 rings (SSSR count). The van der Waals surface area contributed by atoms with Crippen molar-refractivity contribution in [2.75, 3.05) is 18.2 Å². The molecule has 20 heavy (non-hydrogen) atoms. The zero-order valence-corrected chi connectivity index (χ0v) is 14.2. The van der Waals surface area contributed by atoms with Gasteiger partial charge in [-0.2, -0.15) is 0 Å². The third-order valence-corrected chi connectivity index (χ3v) is 5.56. The molecule has 6 heteroatoms. The summed E-state index contributed by atoms with van der Waals surface area (Å²) in [5.74, 6) is 1.91. The average Bonchev–Trinajstić information content (AvgIpc) is 3.00. The zero-order valence-electron chi connectivity index (χ0n) is 11.0. The largest absolute Gasteiger partial charge is 0.354 e. The smallest absolute Gasteiger partial charge is 0.238 e. The van der Waals surface area contributed by atoms with Crippen molar-refractivity contribution in [3.05, 3.63) is 34.3 Å². The molecule has 1 unspecified atom stereocenters. The van der Waals surface area contributed by atoms with Crippen LogP contribution in [0.15, 0.2) is 28.7 Å². The molecule has 1 amide bonds. The number of carbonyl (C=O) groups is 1. The fourth-order valence-corrected chi connectivity index (χ4v) is 4.17. The van der Waals surface area contributed by atoms with E-state index >= 15 is 0 Å². The van der Waals surface area contributed by atoms with Crippen LogP contribution < -0.4 is 10.6 Å². The molecule has 2 fully saturated rings. The highest BCUT2D eigenvalue weighted by molar-refractivity contribution is 9.10. The number of hydrogen-bond acceptors (Lipinski definition) is 3. The molecule has 0 aromatic heterocycles. The molecule has 3 nitrogen and oxygen atoms in total. The Labute approximate surface area is 138 Å². The van der Waals surface area contributed by atoms with E-state index in [4.69, 9.17) is 0 Å². The van der Waals surface area contributed by atoms with Crippen LogP contribution in [0.25, 0.3) is 0 Å². The first kappa shape index (κ1) is 16.1. The van der Waals surface area contributed by atoms with Crippen LogP contribution >= 0.6 is 40.1 Å². The molecule has 1 saturated heterocycles. The lowest BCUT2D eigenvalue weighted by Gasteiger charge is -2.19. The van der Waals surface area contributed by atoms with Crippen molar-refractivity contribution in [2.24, 2.45) is 0 Å². The first-order chi connectivity index (χ1) is 9.21. The van der Waals surface area contributed by atoms with E-state index in [-0.39, 0.29) is 29.8 Å². The number of rotatable bonds is 4. The molecule has 0 bridgehead atoms. The molecule has 1 aliphatic heterocycles. The van der Waals surface area contributed by atoms with E-state index in [2.05, 4.69) is 44.8 Å². The number of amides is 1. The van der Waals surface area contributed by atoms with E-state index in [1.165, 1.54) is 5.56 Å². The second-order valence-corrected chi connectivity index (χ2v) is 7.13. The summed E-state index contributed by atoms with van der Waals surface area (Å²) in [6.45, 7) is 0.747. The van der Waals surface area contributed by atoms with E-state index < -0.39 is 0 Å². The van der Waals surface area contributed by atoms with E-state index in [0.717, 1.165) is 35.5 Å². The molecular formula is C14H18BrClN2OS. The van der Waals surface area contributed by atoms with Gasteiger partial charge < -0.3 is 5.32 Å². The number of hydrogen-bond donors (Lipinski definition) is 2. The number of nitrogens with one attached hydrogen (secondary N) is 2. The van der Waals surface area contributed by atoms with Crippen molar-refractivity contribution < 1.29 is 4.79 Å². The Bertz CT molecular complexity index is 490. The Kier molecular flexibility index (Phi) is 5.40. The molecule has 110 valence electrons. The molecule has 1 aliphatic carbocycles. The van der Waals surface area contributed by atoms with Crippen molar-refractivity contribution in [3.63, 3.8) is 0 Å². The zero-order chi connectivity index (χ0) is 13.3. The normalized spacial score (nSPS) is 22.9. The molecule has 0 radical (unpaired) electrons. The molecule has 0 spiro atoms. The number of thioether (sulfide) groups is 1. The van der Waals surface area contributed by atoms with Gasteiger partial charge in [-0.15, -0.1) is 24.2 Å². The van der Waals surface area contributed by atoms with Gasteiger partial charge in [0.05, 0.1) is 6.04 Å². The average molecular weight is 378 g/mol. The minimum Gasteiger partial charge on any atom is -0.354 e. The summed E-state index contributed by atoms with van der Waals surface area (Å²) in [6, 6.07) is 8.32. The molecular weight excluding hydrogens is 360 g/mol. The number of benzene rings is 1. The van der Waals surface area contributed by atoms with Gasteiger partial charge in [-0.1, -0.05) is 34.1 Å². The van der Waals surface area contributed by atoms with Crippen LogP contribution in [0.2, 0.25) is 0 Å². The Morgan fingerprint density at radius 3 is 2.80 bits per heavy atom. The lowest BCUT2D eigenvalue weighted by atomic mass is 9.96. The molecule has 2 N–H and O–H groups in total. The van der Waals surface area contributed by atoms with Gasteiger partial charge in [0.2, 0.25) is 5.91 Å². The lowest BCUT2D eigenvalue weighted by molar-refractivity contribution is -0.122. The SMILES string of the molecule is Cl.O=C(NCC1(c2ccccc2Br)CC1)C1CSCN1. The van der Waals surface area contributed by atoms with Crippen LogP contribution in [0.1, 0.15) is 18.4 Å². The van der Waals surface area contributed by atoms with Gasteiger partial charge in [0.15, 0.2) is 0 Å². The van der Waals surface area contributed by atoms with Gasteiger partial charge >= 0.3 is 0 Å². The third kappa shape index (κ3) is 3.32. The first-order valence-electron chi connectivity index (χ1n) is 6.55. The lowest BCUT2D eigenvalue weighted by Crippen LogP contribution is -2.44. The third-order valence-electron chi connectivity index (χ3n) is 3.93. The number of carbonyl (C=O) groups excluding carboxylic acids is 1.